The van der Waals surface area contributed by atoms with Crippen molar-refractivity contribution in [2.45, 2.75) is 39.3 Å². The van der Waals surface area contributed by atoms with Crippen molar-refractivity contribution in [3.8, 4) is 22.9 Å². The number of hydrogen-bond donors (Lipinski definition) is 0. The van der Waals surface area contributed by atoms with Crippen LogP contribution in [-0.2, 0) is 11.3 Å². The zero-order valence-electron chi connectivity index (χ0n) is 17.9. The van der Waals surface area contributed by atoms with Crippen molar-refractivity contribution in [3.63, 3.8) is 0 Å². The standard InChI is InChI=1S/C24H26N4O3/c1-16-6-3-4-7-19(16)24-25-17(2)26-28(24)15-23(29)27-11-5-8-20(27)18-9-10-21-22(14-18)31-13-12-30-21/h3-4,6-7,9-10,14,20H,5,8,11-13,15H2,1-2H3. The van der Waals surface area contributed by atoms with Gasteiger partial charge in [0.25, 0.3) is 0 Å². The zero-order chi connectivity index (χ0) is 21.4. The quantitative estimate of drug-likeness (QED) is 0.646. The highest BCUT2D eigenvalue weighted by atomic mass is 16.6. The minimum atomic E-state index is 0.0369. The Labute approximate surface area is 181 Å². The molecule has 1 atom stereocenters. The fourth-order valence-electron chi connectivity index (χ4n) is 4.49. The predicted octanol–water partition coefficient (Wildman–Crippen LogP) is 3.70. The Kier molecular flexibility index (Phi) is 5.10. The van der Waals surface area contributed by atoms with Crippen molar-refractivity contribution in [1.29, 1.82) is 0 Å². The van der Waals surface area contributed by atoms with Gasteiger partial charge in [0.1, 0.15) is 25.6 Å². The molecular formula is C24H26N4O3. The molecule has 3 aromatic rings. The SMILES string of the molecule is Cc1nc(-c2ccccc2C)n(CC(=O)N2CCCC2c2ccc3c(c2)OCCO3)n1. The molecule has 31 heavy (non-hydrogen) atoms. The van der Waals surface area contributed by atoms with Gasteiger partial charge in [0, 0.05) is 12.1 Å². The number of amides is 1. The third-order valence-corrected chi connectivity index (χ3v) is 5.97. The Hall–Kier alpha value is -3.35. The maximum Gasteiger partial charge on any atom is 0.244 e. The summed E-state index contributed by atoms with van der Waals surface area (Å²) in [6, 6.07) is 14.1. The van der Waals surface area contributed by atoms with Gasteiger partial charge in [-0.1, -0.05) is 30.3 Å². The van der Waals surface area contributed by atoms with Gasteiger partial charge in [0.2, 0.25) is 5.91 Å². The van der Waals surface area contributed by atoms with Crippen molar-refractivity contribution in [2.75, 3.05) is 19.8 Å². The number of benzene rings is 2. The highest BCUT2D eigenvalue weighted by Crippen LogP contribution is 2.38. The minimum Gasteiger partial charge on any atom is -0.486 e. The van der Waals surface area contributed by atoms with Gasteiger partial charge in [0.15, 0.2) is 17.3 Å². The summed E-state index contributed by atoms with van der Waals surface area (Å²) in [5.74, 6) is 2.98. The molecule has 7 nitrogen and oxygen atoms in total. The number of fused-ring (bicyclic) bond motifs is 1. The molecule has 1 unspecified atom stereocenters. The number of nitrogens with zero attached hydrogens (tertiary/aromatic N) is 4. The molecule has 0 bridgehead atoms. The highest BCUT2D eigenvalue weighted by Gasteiger charge is 2.31. The van der Waals surface area contributed by atoms with E-state index in [9.17, 15) is 4.79 Å². The Bertz CT molecular complexity index is 1120. The van der Waals surface area contributed by atoms with Gasteiger partial charge in [-0.25, -0.2) is 9.67 Å². The molecule has 2 aliphatic heterocycles. The average molecular weight is 418 g/mol. The van der Waals surface area contributed by atoms with Gasteiger partial charge >= 0.3 is 0 Å². The Morgan fingerprint density at radius 2 is 1.90 bits per heavy atom. The van der Waals surface area contributed by atoms with Crippen LogP contribution in [-0.4, -0.2) is 45.3 Å². The lowest BCUT2D eigenvalue weighted by Crippen LogP contribution is -2.34. The van der Waals surface area contributed by atoms with Crippen molar-refractivity contribution in [3.05, 3.63) is 59.4 Å². The molecule has 1 saturated heterocycles. The molecule has 3 heterocycles. The van der Waals surface area contributed by atoms with Gasteiger partial charge in [-0.15, -0.1) is 0 Å². The van der Waals surface area contributed by atoms with Crippen LogP contribution >= 0.6 is 0 Å². The molecule has 0 saturated carbocycles. The van der Waals surface area contributed by atoms with E-state index in [0.29, 0.717) is 19.0 Å². The van der Waals surface area contributed by atoms with Crippen LogP contribution in [0.25, 0.3) is 11.4 Å². The summed E-state index contributed by atoms with van der Waals surface area (Å²) in [6.45, 7) is 5.94. The van der Waals surface area contributed by atoms with E-state index < -0.39 is 0 Å². The average Bonchev–Trinajstić information content (AvgIpc) is 3.40. The van der Waals surface area contributed by atoms with E-state index >= 15 is 0 Å². The highest BCUT2D eigenvalue weighted by molar-refractivity contribution is 5.77. The van der Waals surface area contributed by atoms with E-state index in [4.69, 9.17) is 9.47 Å². The minimum absolute atomic E-state index is 0.0369. The summed E-state index contributed by atoms with van der Waals surface area (Å²) >= 11 is 0. The molecule has 1 aromatic heterocycles. The second-order valence-corrected chi connectivity index (χ2v) is 8.10. The number of hydrogen-bond acceptors (Lipinski definition) is 5. The maximum atomic E-state index is 13.3. The Morgan fingerprint density at radius 1 is 1.10 bits per heavy atom. The van der Waals surface area contributed by atoms with Crippen LogP contribution < -0.4 is 9.47 Å². The summed E-state index contributed by atoms with van der Waals surface area (Å²) in [7, 11) is 0. The smallest absolute Gasteiger partial charge is 0.244 e. The molecule has 0 radical (unpaired) electrons. The first kappa shape index (κ1) is 19.6. The lowest BCUT2D eigenvalue weighted by molar-refractivity contribution is -0.133. The molecule has 2 aliphatic rings. The molecule has 160 valence electrons. The van der Waals surface area contributed by atoms with Gasteiger partial charge in [-0.3, -0.25) is 4.79 Å². The lowest BCUT2D eigenvalue weighted by Gasteiger charge is -2.27. The van der Waals surface area contributed by atoms with Gasteiger partial charge < -0.3 is 14.4 Å². The zero-order valence-corrected chi connectivity index (χ0v) is 17.9. The van der Waals surface area contributed by atoms with Crippen LogP contribution in [0.4, 0.5) is 0 Å². The first-order valence-corrected chi connectivity index (χ1v) is 10.8. The molecule has 7 heteroatoms. The number of aryl methyl sites for hydroxylation is 2. The van der Waals surface area contributed by atoms with Crippen LogP contribution in [0.3, 0.4) is 0 Å². The molecule has 2 aromatic carbocycles. The number of ether oxygens (including phenoxy) is 2. The van der Waals surface area contributed by atoms with Gasteiger partial charge in [-0.2, -0.15) is 5.10 Å². The Balaban J connectivity index is 1.39. The summed E-state index contributed by atoms with van der Waals surface area (Å²) in [6.07, 6.45) is 1.91. The topological polar surface area (TPSA) is 69.5 Å². The second kappa shape index (κ2) is 8.06. The van der Waals surface area contributed by atoms with Crippen LogP contribution in [0.5, 0.6) is 11.5 Å². The lowest BCUT2D eigenvalue weighted by atomic mass is 10.0. The van der Waals surface area contributed by atoms with E-state index in [1.165, 1.54) is 0 Å². The van der Waals surface area contributed by atoms with E-state index in [2.05, 4.69) is 10.1 Å². The summed E-state index contributed by atoms with van der Waals surface area (Å²) in [5, 5.41) is 4.52. The predicted molar refractivity (Wildman–Crippen MR) is 116 cm³/mol. The molecule has 0 spiro atoms. The number of carbonyl (C=O) groups is 1. The number of aromatic nitrogens is 3. The molecular weight excluding hydrogens is 392 g/mol. The van der Waals surface area contributed by atoms with Crippen molar-refractivity contribution < 1.29 is 14.3 Å². The summed E-state index contributed by atoms with van der Waals surface area (Å²) in [4.78, 5) is 19.9. The monoisotopic (exact) mass is 418 g/mol. The maximum absolute atomic E-state index is 13.3. The fourth-order valence-corrected chi connectivity index (χ4v) is 4.49. The summed E-state index contributed by atoms with van der Waals surface area (Å²) in [5.41, 5.74) is 3.20. The third kappa shape index (κ3) is 3.76. The molecule has 0 N–H and O–H groups in total. The van der Waals surface area contributed by atoms with Crippen LogP contribution in [0.15, 0.2) is 42.5 Å². The molecule has 5 rings (SSSR count). The normalized spacial score (nSPS) is 17.7. The van der Waals surface area contributed by atoms with E-state index in [-0.39, 0.29) is 18.5 Å². The van der Waals surface area contributed by atoms with Crippen molar-refractivity contribution in [1.82, 2.24) is 19.7 Å². The first-order valence-electron chi connectivity index (χ1n) is 10.8. The van der Waals surface area contributed by atoms with E-state index in [1.807, 2.05) is 61.2 Å². The third-order valence-electron chi connectivity index (χ3n) is 5.97. The van der Waals surface area contributed by atoms with Crippen molar-refractivity contribution >= 4 is 5.91 Å². The van der Waals surface area contributed by atoms with Gasteiger partial charge in [-0.05, 0) is 49.9 Å². The number of rotatable bonds is 4. The summed E-state index contributed by atoms with van der Waals surface area (Å²) < 4.78 is 13.1. The second-order valence-electron chi connectivity index (χ2n) is 8.10. The molecule has 0 aliphatic carbocycles. The van der Waals surface area contributed by atoms with Crippen LogP contribution in [0.2, 0.25) is 0 Å². The molecule has 1 fully saturated rings. The van der Waals surface area contributed by atoms with Crippen LogP contribution in [0.1, 0.15) is 35.8 Å². The van der Waals surface area contributed by atoms with Gasteiger partial charge in [0.05, 0.1) is 6.04 Å². The van der Waals surface area contributed by atoms with E-state index in [0.717, 1.165) is 53.4 Å². The largest absolute Gasteiger partial charge is 0.486 e. The number of carbonyl (C=O) groups excluding carboxylic acids is 1. The number of likely N-dealkylation sites (tertiary alicyclic amines) is 1. The van der Waals surface area contributed by atoms with Crippen molar-refractivity contribution in [2.24, 2.45) is 0 Å². The Morgan fingerprint density at radius 3 is 2.74 bits per heavy atom. The van der Waals surface area contributed by atoms with Crippen LogP contribution in [0, 0.1) is 13.8 Å². The first-order chi connectivity index (χ1) is 15.1. The fraction of sp³-hybridized carbons (Fsp3) is 0.375. The molecule has 1 amide bonds. The van der Waals surface area contributed by atoms with E-state index in [1.54, 1.807) is 4.68 Å².